The minimum Gasteiger partial charge on any atom is -0.493 e. The van der Waals surface area contributed by atoms with Crippen LogP contribution >= 0.6 is 0 Å². The molecule has 0 radical (unpaired) electrons. The van der Waals surface area contributed by atoms with E-state index in [1.807, 2.05) is 0 Å². The molecule has 0 aliphatic heterocycles. The second kappa shape index (κ2) is 8.36. The van der Waals surface area contributed by atoms with Gasteiger partial charge in [0.15, 0.2) is 11.5 Å². The zero-order valence-corrected chi connectivity index (χ0v) is 14.3. The maximum atomic E-state index is 12.1. The molecular weight excluding hydrogens is 328 g/mol. The summed E-state index contributed by atoms with van der Waals surface area (Å²) < 4.78 is 10.3. The van der Waals surface area contributed by atoms with Gasteiger partial charge < -0.3 is 25.2 Å². The van der Waals surface area contributed by atoms with E-state index in [0.29, 0.717) is 13.0 Å². The van der Waals surface area contributed by atoms with Gasteiger partial charge in [0.05, 0.1) is 25.5 Å². The fraction of sp³-hybridized carbons (Fsp3) is 0.471. The summed E-state index contributed by atoms with van der Waals surface area (Å²) in [4.78, 5) is 34.8. The minimum atomic E-state index is -1.14. The van der Waals surface area contributed by atoms with Crippen molar-refractivity contribution in [2.45, 2.75) is 25.7 Å². The van der Waals surface area contributed by atoms with Gasteiger partial charge >= 0.3 is 5.97 Å². The van der Waals surface area contributed by atoms with Crippen LogP contribution in [-0.2, 0) is 9.59 Å². The van der Waals surface area contributed by atoms with E-state index in [1.54, 1.807) is 0 Å². The third kappa shape index (κ3) is 5.10. The smallest absolute Gasteiger partial charge is 0.335 e. The highest BCUT2D eigenvalue weighted by Crippen LogP contribution is 2.36. The summed E-state index contributed by atoms with van der Waals surface area (Å²) in [6, 6.07) is 2.64. The van der Waals surface area contributed by atoms with Gasteiger partial charge in [-0.15, -0.1) is 0 Å². The molecule has 1 aromatic carbocycles. The highest BCUT2D eigenvalue weighted by molar-refractivity contribution is 5.96. The van der Waals surface area contributed by atoms with Crippen LogP contribution in [0.15, 0.2) is 12.1 Å². The highest BCUT2D eigenvalue weighted by Gasteiger charge is 2.29. The van der Waals surface area contributed by atoms with Gasteiger partial charge in [0.2, 0.25) is 11.8 Å². The van der Waals surface area contributed by atoms with Gasteiger partial charge in [-0.05, 0) is 31.4 Å². The molecule has 0 saturated heterocycles. The summed E-state index contributed by atoms with van der Waals surface area (Å²) >= 11 is 0. The van der Waals surface area contributed by atoms with Crippen molar-refractivity contribution in [3.05, 3.63) is 17.7 Å². The van der Waals surface area contributed by atoms with Crippen molar-refractivity contribution in [1.82, 2.24) is 5.32 Å². The Balaban J connectivity index is 1.94. The van der Waals surface area contributed by atoms with Crippen LogP contribution in [0.4, 0.5) is 5.69 Å². The highest BCUT2D eigenvalue weighted by atomic mass is 16.5. The number of benzene rings is 1. The van der Waals surface area contributed by atoms with Gasteiger partial charge in [-0.3, -0.25) is 9.59 Å². The van der Waals surface area contributed by atoms with Crippen molar-refractivity contribution >= 4 is 23.5 Å². The second-order valence-corrected chi connectivity index (χ2v) is 5.78. The number of carbonyl (C=O) groups is 3. The first-order valence-corrected chi connectivity index (χ1v) is 8.03. The van der Waals surface area contributed by atoms with Crippen LogP contribution in [0.3, 0.4) is 0 Å². The molecule has 2 rings (SSSR count). The molecule has 0 aromatic heterocycles. The summed E-state index contributed by atoms with van der Waals surface area (Å²) in [6.45, 7) is 0.429. The van der Waals surface area contributed by atoms with E-state index < -0.39 is 5.97 Å². The first kappa shape index (κ1) is 18.6. The number of nitrogens with one attached hydrogen (secondary N) is 2. The molecule has 1 aromatic rings. The van der Waals surface area contributed by atoms with Gasteiger partial charge in [0, 0.05) is 18.9 Å². The molecule has 136 valence electrons. The SMILES string of the molecule is COc1cc(C(=O)O)cc(NC(=O)CCCNC(=O)C2CC2)c1OC. The average Bonchev–Trinajstić information content (AvgIpc) is 3.42. The lowest BCUT2D eigenvalue weighted by Gasteiger charge is -2.15. The number of hydrogen-bond acceptors (Lipinski definition) is 5. The Labute approximate surface area is 145 Å². The van der Waals surface area contributed by atoms with Crippen LogP contribution in [0.2, 0.25) is 0 Å². The van der Waals surface area contributed by atoms with Gasteiger partial charge in [0.25, 0.3) is 0 Å². The molecule has 0 unspecified atom stereocenters. The summed E-state index contributed by atoms with van der Waals surface area (Å²) in [5, 5.41) is 14.6. The lowest BCUT2D eigenvalue weighted by molar-refractivity contribution is -0.122. The van der Waals surface area contributed by atoms with E-state index in [4.69, 9.17) is 14.6 Å². The molecule has 8 nitrogen and oxygen atoms in total. The van der Waals surface area contributed by atoms with Crippen LogP contribution in [0.1, 0.15) is 36.0 Å². The number of methoxy groups -OCH3 is 2. The first-order valence-electron chi connectivity index (χ1n) is 8.03. The number of carboxylic acid groups (broad SMARTS) is 1. The molecule has 0 spiro atoms. The number of ether oxygens (including phenoxy) is 2. The molecule has 1 aliphatic carbocycles. The maximum absolute atomic E-state index is 12.1. The number of carbonyl (C=O) groups excluding carboxylic acids is 2. The molecule has 3 N–H and O–H groups in total. The van der Waals surface area contributed by atoms with Gasteiger partial charge in [-0.2, -0.15) is 0 Å². The zero-order chi connectivity index (χ0) is 18.4. The first-order chi connectivity index (χ1) is 12.0. The maximum Gasteiger partial charge on any atom is 0.335 e. The predicted octanol–water partition coefficient (Wildman–Crippen LogP) is 1.65. The Hall–Kier alpha value is -2.77. The third-order valence-electron chi connectivity index (χ3n) is 3.83. The van der Waals surface area contributed by atoms with E-state index in [-0.39, 0.29) is 46.9 Å². The van der Waals surface area contributed by atoms with E-state index in [9.17, 15) is 14.4 Å². The Morgan fingerprint density at radius 3 is 2.48 bits per heavy atom. The zero-order valence-electron chi connectivity index (χ0n) is 14.3. The van der Waals surface area contributed by atoms with Crippen molar-refractivity contribution in [3.63, 3.8) is 0 Å². The number of hydrogen-bond donors (Lipinski definition) is 3. The molecule has 8 heteroatoms. The van der Waals surface area contributed by atoms with Crippen molar-refractivity contribution in [2.24, 2.45) is 5.92 Å². The Morgan fingerprint density at radius 1 is 1.20 bits per heavy atom. The average molecular weight is 350 g/mol. The number of aromatic carboxylic acids is 1. The fourth-order valence-electron chi connectivity index (χ4n) is 2.34. The lowest BCUT2D eigenvalue weighted by Crippen LogP contribution is -2.26. The second-order valence-electron chi connectivity index (χ2n) is 5.78. The minimum absolute atomic E-state index is 0.0235. The number of rotatable bonds is 9. The Morgan fingerprint density at radius 2 is 1.92 bits per heavy atom. The molecule has 1 aliphatic rings. The van der Waals surface area contributed by atoms with Gasteiger partial charge in [0.1, 0.15) is 0 Å². The normalized spacial score (nSPS) is 13.0. The summed E-state index contributed by atoms with van der Waals surface area (Å²) in [6.07, 6.45) is 2.55. The molecule has 0 atom stereocenters. The summed E-state index contributed by atoms with van der Waals surface area (Å²) in [5.41, 5.74) is 0.205. The van der Waals surface area contributed by atoms with Crippen molar-refractivity contribution in [1.29, 1.82) is 0 Å². The fourth-order valence-corrected chi connectivity index (χ4v) is 2.34. The number of amides is 2. The molecule has 25 heavy (non-hydrogen) atoms. The van der Waals surface area contributed by atoms with Crippen molar-refractivity contribution in [3.8, 4) is 11.5 Å². The van der Waals surface area contributed by atoms with Crippen LogP contribution in [0.25, 0.3) is 0 Å². The molecule has 0 heterocycles. The van der Waals surface area contributed by atoms with Crippen LogP contribution in [0, 0.1) is 5.92 Å². The standard InChI is InChI=1S/C17H22N2O6/c1-24-13-9-11(17(22)23)8-12(15(13)25-2)19-14(20)4-3-7-18-16(21)10-5-6-10/h8-10H,3-7H2,1-2H3,(H,18,21)(H,19,20)(H,22,23). The van der Waals surface area contributed by atoms with E-state index in [1.165, 1.54) is 26.4 Å². The summed E-state index contributed by atoms with van der Waals surface area (Å²) in [5.74, 6) is -0.787. The van der Waals surface area contributed by atoms with Gasteiger partial charge in [-0.1, -0.05) is 0 Å². The van der Waals surface area contributed by atoms with Crippen LogP contribution in [0.5, 0.6) is 11.5 Å². The molecular formula is C17H22N2O6. The number of carboxylic acids is 1. The van der Waals surface area contributed by atoms with Gasteiger partial charge in [-0.25, -0.2) is 4.79 Å². The van der Waals surface area contributed by atoms with Crippen LogP contribution < -0.4 is 20.1 Å². The summed E-state index contributed by atoms with van der Waals surface area (Å²) in [7, 11) is 2.79. The number of anilines is 1. The monoisotopic (exact) mass is 350 g/mol. The topological polar surface area (TPSA) is 114 Å². The van der Waals surface area contributed by atoms with E-state index in [0.717, 1.165) is 12.8 Å². The third-order valence-corrected chi connectivity index (χ3v) is 3.83. The van der Waals surface area contributed by atoms with E-state index in [2.05, 4.69) is 10.6 Å². The quantitative estimate of drug-likeness (QED) is 0.584. The van der Waals surface area contributed by atoms with Crippen molar-refractivity contribution in [2.75, 3.05) is 26.1 Å². The largest absolute Gasteiger partial charge is 0.493 e. The molecule has 1 saturated carbocycles. The molecule has 2 amide bonds. The Kier molecular flexibility index (Phi) is 6.21. The lowest BCUT2D eigenvalue weighted by atomic mass is 10.1. The molecule has 1 fully saturated rings. The predicted molar refractivity (Wildman–Crippen MR) is 90.1 cm³/mol. The van der Waals surface area contributed by atoms with E-state index >= 15 is 0 Å². The molecule has 0 bridgehead atoms. The van der Waals surface area contributed by atoms with Crippen LogP contribution in [-0.4, -0.2) is 43.7 Å². The Bertz CT molecular complexity index is 669. The van der Waals surface area contributed by atoms with Crippen molar-refractivity contribution < 1.29 is 29.0 Å².